The summed E-state index contributed by atoms with van der Waals surface area (Å²) in [5.41, 5.74) is 6.70. The van der Waals surface area contributed by atoms with Crippen LogP contribution in [0.25, 0.3) is 0 Å². The highest BCUT2D eigenvalue weighted by atomic mass is 35.5. The van der Waals surface area contributed by atoms with Gasteiger partial charge in [0.05, 0.1) is 0 Å². The minimum Gasteiger partial charge on any atom is -0.368 e. The molecule has 5 heteroatoms. The lowest BCUT2D eigenvalue weighted by molar-refractivity contribution is 0.759. The van der Waals surface area contributed by atoms with E-state index in [1.54, 1.807) is 11.7 Å². The molecule has 0 fully saturated rings. The van der Waals surface area contributed by atoms with Gasteiger partial charge in [0.25, 0.3) is 0 Å². The number of nitrogens with two attached hydrogens (primary N) is 1. The molecule has 0 amide bonds. The number of hydrogen-bond acceptors (Lipinski definition) is 3. The van der Waals surface area contributed by atoms with Crippen LogP contribution in [-0.2, 0) is 13.5 Å². The van der Waals surface area contributed by atoms with Crippen LogP contribution in [0.15, 0.2) is 24.3 Å². The highest BCUT2D eigenvalue weighted by molar-refractivity contribution is 6.30. The minimum atomic E-state index is 0.430. The van der Waals surface area contributed by atoms with Crippen LogP contribution in [0.1, 0.15) is 11.4 Å². The molecule has 2 rings (SSSR count). The van der Waals surface area contributed by atoms with Gasteiger partial charge in [-0.1, -0.05) is 23.7 Å². The van der Waals surface area contributed by atoms with Crippen LogP contribution in [0.3, 0.4) is 0 Å². The van der Waals surface area contributed by atoms with Crippen molar-refractivity contribution in [3.8, 4) is 0 Å². The Bertz CT molecular complexity index is 441. The molecule has 1 aromatic heterocycles. The number of halogens is 1. The van der Waals surface area contributed by atoms with E-state index in [-0.39, 0.29) is 0 Å². The molecule has 0 atom stereocenters. The number of nitrogen functional groups attached to an aromatic ring is 1. The predicted molar refractivity (Wildman–Crippen MR) is 59.7 cm³/mol. The van der Waals surface area contributed by atoms with Gasteiger partial charge in [0.1, 0.15) is 0 Å². The summed E-state index contributed by atoms with van der Waals surface area (Å²) in [5, 5.41) is 4.90. The van der Waals surface area contributed by atoms with Crippen molar-refractivity contribution in [1.82, 2.24) is 14.8 Å². The first kappa shape index (κ1) is 9.98. The van der Waals surface area contributed by atoms with Gasteiger partial charge < -0.3 is 5.73 Å². The molecule has 2 aromatic rings. The normalized spacial score (nSPS) is 10.5. The molecule has 0 radical (unpaired) electrons. The maximum absolute atomic E-state index is 5.79. The van der Waals surface area contributed by atoms with E-state index in [2.05, 4.69) is 10.1 Å². The van der Waals surface area contributed by atoms with Gasteiger partial charge in [0.15, 0.2) is 5.82 Å². The molecule has 0 aliphatic carbocycles. The molecular weight excluding hydrogens is 212 g/mol. The van der Waals surface area contributed by atoms with E-state index >= 15 is 0 Å². The zero-order valence-corrected chi connectivity index (χ0v) is 9.07. The van der Waals surface area contributed by atoms with E-state index in [9.17, 15) is 0 Å². The van der Waals surface area contributed by atoms with E-state index in [1.807, 2.05) is 24.3 Å². The fraction of sp³-hybridized carbons (Fsp3) is 0.200. The molecule has 15 heavy (non-hydrogen) atoms. The van der Waals surface area contributed by atoms with E-state index < -0.39 is 0 Å². The van der Waals surface area contributed by atoms with Crippen molar-refractivity contribution in [2.24, 2.45) is 7.05 Å². The monoisotopic (exact) mass is 222 g/mol. The summed E-state index contributed by atoms with van der Waals surface area (Å²) in [6.45, 7) is 0. The summed E-state index contributed by atoms with van der Waals surface area (Å²) < 4.78 is 1.56. The molecule has 2 N–H and O–H groups in total. The van der Waals surface area contributed by atoms with Gasteiger partial charge in [-0.05, 0) is 17.7 Å². The SMILES string of the molecule is Cn1nc(Cc2ccc(Cl)cc2)nc1N. The Morgan fingerprint density at radius 2 is 2.00 bits per heavy atom. The Hall–Kier alpha value is -1.55. The van der Waals surface area contributed by atoms with Gasteiger partial charge >= 0.3 is 0 Å². The lowest BCUT2D eigenvalue weighted by Gasteiger charge is -1.96. The van der Waals surface area contributed by atoms with E-state index in [1.165, 1.54) is 0 Å². The number of benzene rings is 1. The number of nitrogens with zero attached hydrogens (tertiary/aromatic N) is 3. The van der Waals surface area contributed by atoms with Gasteiger partial charge in [0, 0.05) is 18.5 Å². The van der Waals surface area contributed by atoms with Crippen LogP contribution < -0.4 is 5.73 Å². The second-order valence-electron chi connectivity index (χ2n) is 3.31. The molecule has 0 saturated carbocycles. The van der Waals surface area contributed by atoms with Gasteiger partial charge in [-0.15, -0.1) is 0 Å². The summed E-state index contributed by atoms with van der Waals surface area (Å²) >= 11 is 5.79. The van der Waals surface area contributed by atoms with Gasteiger partial charge in [-0.3, -0.25) is 0 Å². The molecule has 78 valence electrons. The van der Waals surface area contributed by atoms with E-state index in [0.717, 1.165) is 16.4 Å². The van der Waals surface area contributed by atoms with Crippen LogP contribution >= 0.6 is 11.6 Å². The fourth-order valence-corrected chi connectivity index (χ4v) is 1.44. The van der Waals surface area contributed by atoms with Gasteiger partial charge in [-0.25, -0.2) is 4.68 Å². The maximum Gasteiger partial charge on any atom is 0.218 e. The molecule has 0 spiro atoms. The minimum absolute atomic E-state index is 0.430. The molecular formula is C10H11ClN4. The highest BCUT2D eigenvalue weighted by Gasteiger charge is 2.04. The Balaban J connectivity index is 2.18. The Labute approximate surface area is 92.7 Å². The average Bonchev–Trinajstić information content (AvgIpc) is 2.50. The fourth-order valence-electron chi connectivity index (χ4n) is 1.31. The quantitative estimate of drug-likeness (QED) is 0.841. The van der Waals surface area contributed by atoms with Crippen molar-refractivity contribution in [3.05, 3.63) is 40.7 Å². The van der Waals surface area contributed by atoms with Crippen LogP contribution in [0.4, 0.5) is 5.95 Å². The number of rotatable bonds is 2. The Morgan fingerprint density at radius 1 is 1.33 bits per heavy atom. The highest BCUT2D eigenvalue weighted by Crippen LogP contribution is 2.12. The maximum atomic E-state index is 5.79. The van der Waals surface area contributed by atoms with Crippen molar-refractivity contribution >= 4 is 17.5 Å². The summed E-state index contributed by atoms with van der Waals surface area (Å²) in [6.07, 6.45) is 0.669. The Morgan fingerprint density at radius 3 is 2.53 bits per heavy atom. The van der Waals surface area contributed by atoms with Crippen molar-refractivity contribution in [1.29, 1.82) is 0 Å². The summed E-state index contributed by atoms with van der Waals surface area (Å²) in [6, 6.07) is 7.61. The molecule has 0 saturated heterocycles. The molecule has 0 bridgehead atoms. The molecule has 0 aliphatic heterocycles. The van der Waals surface area contributed by atoms with Crippen molar-refractivity contribution in [2.45, 2.75) is 6.42 Å². The van der Waals surface area contributed by atoms with E-state index in [4.69, 9.17) is 17.3 Å². The first-order chi connectivity index (χ1) is 7.15. The first-order valence-corrected chi connectivity index (χ1v) is 4.93. The molecule has 1 aromatic carbocycles. The second-order valence-corrected chi connectivity index (χ2v) is 3.75. The van der Waals surface area contributed by atoms with E-state index in [0.29, 0.717) is 12.4 Å². The van der Waals surface area contributed by atoms with Crippen LogP contribution in [-0.4, -0.2) is 14.8 Å². The standard InChI is InChI=1S/C10H11ClN4/c1-15-10(12)13-9(14-15)6-7-2-4-8(11)5-3-7/h2-5H,6H2,1H3,(H2,12,13,14). The van der Waals surface area contributed by atoms with Gasteiger partial charge in [0.2, 0.25) is 5.95 Å². The van der Waals surface area contributed by atoms with Crippen LogP contribution in [0, 0.1) is 0 Å². The smallest absolute Gasteiger partial charge is 0.218 e. The molecule has 0 aliphatic rings. The zero-order valence-electron chi connectivity index (χ0n) is 8.31. The van der Waals surface area contributed by atoms with Gasteiger partial charge in [-0.2, -0.15) is 10.1 Å². The van der Waals surface area contributed by atoms with Crippen molar-refractivity contribution in [2.75, 3.05) is 5.73 Å². The lowest BCUT2D eigenvalue weighted by Crippen LogP contribution is -1.97. The summed E-state index contributed by atoms with van der Waals surface area (Å²) in [5.74, 6) is 1.15. The molecule has 1 heterocycles. The predicted octanol–water partition coefficient (Wildman–Crippen LogP) is 1.64. The third-order valence-electron chi connectivity index (χ3n) is 2.12. The van der Waals surface area contributed by atoms with Crippen molar-refractivity contribution < 1.29 is 0 Å². The molecule has 4 nitrogen and oxygen atoms in total. The lowest BCUT2D eigenvalue weighted by atomic mass is 10.1. The number of aromatic nitrogens is 3. The topological polar surface area (TPSA) is 56.7 Å². The molecule has 0 unspecified atom stereocenters. The largest absolute Gasteiger partial charge is 0.368 e. The number of hydrogen-bond donors (Lipinski definition) is 1. The first-order valence-electron chi connectivity index (χ1n) is 4.55. The Kier molecular flexibility index (Phi) is 2.60. The third-order valence-corrected chi connectivity index (χ3v) is 2.37. The average molecular weight is 223 g/mol. The van der Waals surface area contributed by atoms with Crippen LogP contribution in [0.5, 0.6) is 0 Å². The summed E-state index contributed by atoms with van der Waals surface area (Å²) in [4.78, 5) is 4.12. The zero-order chi connectivity index (χ0) is 10.8. The van der Waals surface area contributed by atoms with Crippen molar-refractivity contribution in [3.63, 3.8) is 0 Å². The number of aryl methyl sites for hydroxylation is 1. The third kappa shape index (κ3) is 2.27. The summed E-state index contributed by atoms with van der Waals surface area (Å²) in [7, 11) is 1.77. The number of anilines is 1. The van der Waals surface area contributed by atoms with Crippen LogP contribution in [0.2, 0.25) is 5.02 Å². The second kappa shape index (κ2) is 3.90.